The van der Waals surface area contributed by atoms with Crippen LogP contribution in [0.2, 0.25) is 0 Å². The maximum absolute atomic E-state index is 6.26. The molecule has 124 valence electrons. The molecule has 2 fully saturated rings. The van der Waals surface area contributed by atoms with Crippen molar-refractivity contribution in [3.63, 3.8) is 0 Å². The zero-order valence-corrected chi connectivity index (χ0v) is 14.9. The van der Waals surface area contributed by atoms with E-state index in [1.807, 2.05) is 0 Å². The van der Waals surface area contributed by atoms with Crippen molar-refractivity contribution in [2.45, 2.75) is 77.9 Å². The molecule has 2 heterocycles. The van der Waals surface area contributed by atoms with Crippen molar-refractivity contribution in [1.82, 2.24) is 4.90 Å². The average Bonchev–Trinajstić information content (AvgIpc) is 2.63. The fraction of sp³-hybridized carbons (Fsp3) is 1.00. The summed E-state index contributed by atoms with van der Waals surface area (Å²) in [5.74, 6) is 0.838. The van der Waals surface area contributed by atoms with E-state index in [9.17, 15) is 0 Å². The van der Waals surface area contributed by atoms with Crippen LogP contribution in [-0.4, -0.2) is 42.3 Å². The fourth-order valence-corrected chi connectivity index (χ4v) is 4.46. The van der Waals surface area contributed by atoms with Crippen LogP contribution in [0.15, 0.2) is 0 Å². The molecular formula is C18H36N2O. The number of hydrogen-bond acceptors (Lipinski definition) is 3. The van der Waals surface area contributed by atoms with Gasteiger partial charge in [-0.25, -0.2) is 0 Å². The predicted molar refractivity (Wildman–Crippen MR) is 89.4 cm³/mol. The van der Waals surface area contributed by atoms with Crippen LogP contribution in [0.4, 0.5) is 0 Å². The van der Waals surface area contributed by atoms with Gasteiger partial charge in [0.05, 0.1) is 5.60 Å². The molecule has 0 bridgehead atoms. The summed E-state index contributed by atoms with van der Waals surface area (Å²) in [5.41, 5.74) is 6.82. The monoisotopic (exact) mass is 296 g/mol. The summed E-state index contributed by atoms with van der Waals surface area (Å²) < 4.78 is 5.94. The molecule has 2 aliphatic heterocycles. The van der Waals surface area contributed by atoms with E-state index in [-0.39, 0.29) is 11.1 Å². The molecule has 2 aliphatic rings. The molecule has 0 aromatic carbocycles. The second kappa shape index (κ2) is 6.17. The van der Waals surface area contributed by atoms with Crippen LogP contribution in [0.1, 0.15) is 66.7 Å². The molecule has 0 saturated carbocycles. The normalized spacial score (nSPS) is 35.4. The third-order valence-electron chi connectivity index (χ3n) is 5.82. The minimum Gasteiger partial charge on any atom is -0.375 e. The van der Waals surface area contributed by atoms with Crippen molar-refractivity contribution in [3.8, 4) is 0 Å². The molecule has 0 aromatic heterocycles. The highest BCUT2D eigenvalue weighted by atomic mass is 16.5. The molecule has 2 N–H and O–H groups in total. The highest BCUT2D eigenvalue weighted by Gasteiger charge is 2.44. The second-order valence-corrected chi connectivity index (χ2v) is 8.94. The number of nitrogens with zero attached hydrogens (tertiary/aromatic N) is 1. The fourth-order valence-electron chi connectivity index (χ4n) is 4.46. The van der Waals surface area contributed by atoms with Gasteiger partial charge in [0.25, 0.3) is 0 Å². The summed E-state index contributed by atoms with van der Waals surface area (Å²) in [6.45, 7) is 15.6. The Kier molecular flexibility index (Phi) is 5.07. The Bertz CT molecular complexity index is 348. The Labute approximate surface area is 131 Å². The minimum atomic E-state index is -0.0344. The van der Waals surface area contributed by atoms with Crippen LogP contribution in [0.5, 0.6) is 0 Å². The van der Waals surface area contributed by atoms with Crippen LogP contribution in [-0.2, 0) is 4.74 Å². The lowest BCUT2D eigenvalue weighted by Gasteiger charge is -2.50. The number of nitrogens with two attached hydrogens (primary N) is 1. The van der Waals surface area contributed by atoms with Gasteiger partial charge in [0.1, 0.15) is 0 Å². The topological polar surface area (TPSA) is 38.5 Å². The number of rotatable bonds is 2. The first kappa shape index (κ1) is 17.2. The van der Waals surface area contributed by atoms with E-state index in [4.69, 9.17) is 10.5 Å². The van der Waals surface area contributed by atoms with E-state index in [1.54, 1.807) is 0 Å². The lowest BCUT2D eigenvalue weighted by Crippen LogP contribution is -2.60. The zero-order valence-electron chi connectivity index (χ0n) is 14.9. The molecule has 0 amide bonds. The van der Waals surface area contributed by atoms with E-state index in [1.165, 1.54) is 32.4 Å². The van der Waals surface area contributed by atoms with Crippen molar-refractivity contribution in [2.24, 2.45) is 17.1 Å². The molecular weight excluding hydrogens is 260 g/mol. The van der Waals surface area contributed by atoms with E-state index < -0.39 is 0 Å². The van der Waals surface area contributed by atoms with E-state index in [0.717, 1.165) is 31.9 Å². The quantitative estimate of drug-likeness (QED) is 0.848. The third-order valence-corrected chi connectivity index (χ3v) is 5.82. The highest BCUT2D eigenvalue weighted by molar-refractivity contribution is 5.00. The Balaban J connectivity index is 2.09. The van der Waals surface area contributed by atoms with Gasteiger partial charge in [-0.3, -0.25) is 4.90 Å². The van der Waals surface area contributed by atoms with Crippen molar-refractivity contribution in [1.29, 1.82) is 0 Å². The Hall–Kier alpha value is -0.120. The summed E-state index contributed by atoms with van der Waals surface area (Å²) in [6.07, 6.45) is 6.14. The summed E-state index contributed by atoms with van der Waals surface area (Å²) in [6, 6.07) is 0. The van der Waals surface area contributed by atoms with Crippen LogP contribution in [0, 0.1) is 11.3 Å². The van der Waals surface area contributed by atoms with Gasteiger partial charge in [-0.1, -0.05) is 20.8 Å². The summed E-state index contributed by atoms with van der Waals surface area (Å²) >= 11 is 0. The number of likely N-dealkylation sites (tertiary alicyclic amines) is 1. The van der Waals surface area contributed by atoms with Crippen LogP contribution < -0.4 is 5.73 Å². The van der Waals surface area contributed by atoms with Gasteiger partial charge in [-0.15, -0.1) is 0 Å². The average molecular weight is 296 g/mol. The van der Waals surface area contributed by atoms with Crippen molar-refractivity contribution in [2.75, 3.05) is 26.2 Å². The highest BCUT2D eigenvalue weighted by Crippen LogP contribution is 2.40. The van der Waals surface area contributed by atoms with Crippen molar-refractivity contribution in [3.05, 3.63) is 0 Å². The SMILES string of the molecule is CC1(C)CC(CN)(N2CCCC(C(C)(C)C)CC2)CCO1. The molecule has 0 spiro atoms. The lowest BCUT2D eigenvalue weighted by molar-refractivity contribution is -0.117. The third kappa shape index (κ3) is 4.00. The standard InChI is InChI=1S/C18H36N2O/c1-16(2,3)15-7-6-10-20(11-8-15)18(14-19)9-12-21-17(4,5)13-18/h15H,6-14,19H2,1-5H3. The smallest absolute Gasteiger partial charge is 0.0644 e. The van der Waals surface area contributed by atoms with Gasteiger partial charge in [0.15, 0.2) is 0 Å². The Morgan fingerprint density at radius 1 is 1.19 bits per heavy atom. The lowest BCUT2D eigenvalue weighted by atomic mass is 9.76. The van der Waals surface area contributed by atoms with Crippen LogP contribution in [0.3, 0.4) is 0 Å². The molecule has 0 aromatic rings. The van der Waals surface area contributed by atoms with Gasteiger partial charge >= 0.3 is 0 Å². The van der Waals surface area contributed by atoms with E-state index >= 15 is 0 Å². The molecule has 0 aliphatic carbocycles. The van der Waals surface area contributed by atoms with Crippen LogP contribution >= 0.6 is 0 Å². The molecule has 2 rings (SSSR count). The molecule has 0 radical (unpaired) electrons. The summed E-state index contributed by atoms with van der Waals surface area (Å²) in [5, 5.41) is 0. The molecule has 2 saturated heterocycles. The summed E-state index contributed by atoms with van der Waals surface area (Å²) in [4.78, 5) is 2.71. The second-order valence-electron chi connectivity index (χ2n) is 8.94. The number of hydrogen-bond donors (Lipinski definition) is 1. The largest absolute Gasteiger partial charge is 0.375 e. The molecule has 3 nitrogen and oxygen atoms in total. The first-order valence-electron chi connectivity index (χ1n) is 8.78. The molecule has 2 unspecified atom stereocenters. The van der Waals surface area contributed by atoms with Gasteiger partial charge in [0.2, 0.25) is 0 Å². The van der Waals surface area contributed by atoms with E-state index in [2.05, 4.69) is 39.5 Å². The van der Waals surface area contributed by atoms with Crippen molar-refractivity contribution >= 4 is 0 Å². The first-order chi connectivity index (χ1) is 9.69. The first-order valence-corrected chi connectivity index (χ1v) is 8.78. The van der Waals surface area contributed by atoms with Gasteiger partial charge in [-0.2, -0.15) is 0 Å². The van der Waals surface area contributed by atoms with Gasteiger partial charge in [0, 0.05) is 18.7 Å². The molecule has 2 atom stereocenters. The zero-order chi connectivity index (χ0) is 15.7. The van der Waals surface area contributed by atoms with Gasteiger partial charge < -0.3 is 10.5 Å². The minimum absolute atomic E-state index is 0.0344. The van der Waals surface area contributed by atoms with Gasteiger partial charge in [-0.05, 0) is 70.4 Å². The number of ether oxygens (including phenoxy) is 1. The maximum Gasteiger partial charge on any atom is 0.0644 e. The summed E-state index contributed by atoms with van der Waals surface area (Å²) in [7, 11) is 0. The van der Waals surface area contributed by atoms with Crippen LogP contribution in [0.25, 0.3) is 0 Å². The molecule has 3 heteroatoms. The van der Waals surface area contributed by atoms with E-state index in [0.29, 0.717) is 5.41 Å². The molecule has 21 heavy (non-hydrogen) atoms. The predicted octanol–water partition coefficient (Wildman–Crippen LogP) is 3.42. The van der Waals surface area contributed by atoms with Crippen molar-refractivity contribution < 1.29 is 4.74 Å². The Morgan fingerprint density at radius 2 is 1.90 bits per heavy atom. The maximum atomic E-state index is 6.26. The Morgan fingerprint density at radius 3 is 2.48 bits per heavy atom.